The van der Waals surface area contributed by atoms with Gasteiger partial charge in [-0.1, -0.05) is 29.8 Å². The van der Waals surface area contributed by atoms with Gasteiger partial charge in [-0.25, -0.2) is 0 Å². The van der Waals surface area contributed by atoms with Crippen molar-refractivity contribution in [3.8, 4) is 0 Å². The molecule has 1 fully saturated rings. The second-order valence-electron chi connectivity index (χ2n) is 6.74. The lowest BCUT2D eigenvalue weighted by atomic mass is 10.1. The summed E-state index contributed by atoms with van der Waals surface area (Å²) in [6.45, 7) is 10.0. The quantitative estimate of drug-likeness (QED) is 0.257. The third kappa shape index (κ3) is 8.68. The van der Waals surface area contributed by atoms with E-state index in [-0.39, 0.29) is 24.0 Å². The zero-order chi connectivity index (χ0) is 17.9. The highest BCUT2D eigenvalue weighted by Crippen LogP contribution is 2.12. The van der Waals surface area contributed by atoms with Gasteiger partial charge in [0, 0.05) is 45.8 Å². The number of hydrogen-bond acceptors (Lipinski definition) is 3. The minimum absolute atomic E-state index is 0. The molecule has 0 spiro atoms. The maximum absolute atomic E-state index is 5.74. The molecule has 1 aromatic rings. The van der Waals surface area contributed by atoms with Crippen molar-refractivity contribution in [1.29, 1.82) is 0 Å². The summed E-state index contributed by atoms with van der Waals surface area (Å²) >= 11 is 0. The maximum Gasteiger partial charge on any atom is 0.193 e. The molecule has 0 radical (unpaired) electrons. The summed E-state index contributed by atoms with van der Waals surface area (Å²) in [5.41, 5.74) is 2.58. The van der Waals surface area contributed by atoms with Crippen LogP contribution in [-0.4, -0.2) is 57.4 Å². The normalized spacial score (nSPS) is 17.0. The molecule has 1 N–H and O–H groups in total. The summed E-state index contributed by atoms with van der Waals surface area (Å²) in [6, 6.07) is 8.66. The first kappa shape index (κ1) is 23.2. The fourth-order valence-corrected chi connectivity index (χ4v) is 2.83. The Balaban J connectivity index is 0.00000338. The summed E-state index contributed by atoms with van der Waals surface area (Å²) in [5.74, 6) is 1.54. The van der Waals surface area contributed by atoms with E-state index in [1.807, 2.05) is 0 Å². The summed E-state index contributed by atoms with van der Waals surface area (Å²) < 4.78 is 11.1. The Morgan fingerprint density at radius 2 is 2.12 bits per heavy atom. The summed E-state index contributed by atoms with van der Waals surface area (Å²) in [6.07, 6.45) is 2.08. The van der Waals surface area contributed by atoms with E-state index < -0.39 is 0 Å². The van der Waals surface area contributed by atoms with Gasteiger partial charge in [0.2, 0.25) is 0 Å². The second-order valence-corrected chi connectivity index (χ2v) is 6.74. The zero-order valence-corrected chi connectivity index (χ0v) is 18.7. The number of ether oxygens (including phenoxy) is 2. The number of guanidine groups is 1. The van der Waals surface area contributed by atoms with Gasteiger partial charge in [0.05, 0.1) is 13.2 Å². The lowest BCUT2D eigenvalue weighted by Gasteiger charge is -2.22. The molecule has 5 nitrogen and oxygen atoms in total. The molecule has 1 saturated heterocycles. The predicted molar refractivity (Wildman–Crippen MR) is 118 cm³/mol. The standard InChI is InChI=1S/C20H33N3O2.HI/c1-4-21-20(23(3)14-18-8-6-17(2)7-9-18)22-11-5-12-24-15-19-10-13-25-16-19;/h6-9,19H,4-5,10-16H2,1-3H3,(H,21,22);1H. The number of hydrogen-bond donors (Lipinski definition) is 1. The number of rotatable bonds is 9. The van der Waals surface area contributed by atoms with Gasteiger partial charge in [0.1, 0.15) is 0 Å². The Labute approximate surface area is 175 Å². The topological polar surface area (TPSA) is 46.1 Å². The number of nitrogens with zero attached hydrogens (tertiary/aromatic N) is 2. The van der Waals surface area contributed by atoms with Gasteiger partial charge in [-0.05, 0) is 32.3 Å². The average molecular weight is 475 g/mol. The van der Waals surface area contributed by atoms with Crippen molar-refractivity contribution in [2.24, 2.45) is 10.9 Å². The minimum atomic E-state index is 0. The lowest BCUT2D eigenvalue weighted by Crippen LogP contribution is -2.38. The Kier molecular flexibility index (Phi) is 11.9. The molecule has 0 amide bonds. The van der Waals surface area contributed by atoms with Gasteiger partial charge >= 0.3 is 0 Å². The summed E-state index contributed by atoms with van der Waals surface area (Å²) in [5, 5.41) is 3.37. The molecule has 1 unspecified atom stereocenters. The lowest BCUT2D eigenvalue weighted by molar-refractivity contribution is 0.0893. The van der Waals surface area contributed by atoms with Crippen molar-refractivity contribution in [1.82, 2.24) is 10.2 Å². The van der Waals surface area contributed by atoms with E-state index in [1.54, 1.807) is 0 Å². The van der Waals surface area contributed by atoms with Crippen molar-refractivity contribution >= 4 is 29.9 Å². The summed E-state index contributed by atoms with van der Waals surface area (Å²) in [7, 11) is 2.08. The Bertz CT molecular complexity index is 516. The minimum Gasteiger partial charge on any atom is -0.381 e. The van der Waals surface area contributed by atoms with Gasteiger partial charge in [0.15, 0.2) is 5.96 Å². The van der Waals surface area contributed by atoms with Gasteiger partial charge in [-0.2, -0.15) is 0 Å². The van der Waals surface area contributed by atoms with Gasteiger partial charge in [-0.15, -0.1) is 24.0 Å². The smallest absolute Gasteiger partial charge is 0.193 e. The van der Waals surface area contributed by atoms with Crippen LogP contribution < -0.4 is 5.32 Å². The molecule has 0 saturated carbocycles. The van der Waals surface area contributed by atoms with E-state index in [1.165, 1.54) is 11.1 Å². The molecule has 2 rings (SSSR count). The van der Waals surface area contributed by atoms with Crippen LogP contribution in [0.4, 0.5) is 0 Å². The van der Waals surface area contributed by atoms with E-state index in [0.717, 1.165) is 64.9 Å². The molecule has 1 aliphatic heterocycles. The van der Waals surface area contributed by atoms with Crippen molar-refractivity contribution in [3.05, 3.63) is 35.4 Å². The molecule has 0 bridgehead atoms. The molecular weight excluding hydrogens is 441 g/mol. The fraction of sp³-hybridized carbons (Fsp3) is 0.650. The van der Waals surface area contributed by atoms with Crippen LogP contribution >= 0.6 is 24.0 Å². The van der Waals surface area contributed by atoms with E-state index in [0.29, 0.717) is 5.92 Å². The van der Waals surface area contributed by atoms with Crippen LogP contribution in [0.2, 0.25) is 0 Å². The molecule has 1 aromatic carbocycles. The molecule has 1 heterocycles. The Morgan fingerprint density at radius 3 is 2.77 bits per heavy atom. The maximum atomic E-state index is 5.74. The van der Waals surface area contributed by atoms with Crippen LogP contribution in [0, 0.1) is 12.8 Å². The highest BCUT2D eigenvalue weighted by atomic mass is 127. The summed E-state index contributed by atoms with van der Waals surface area (Å²) in [4.78, 5) is 6.89. The first-order valence-corrected chi connectivity index (χ1v) is 9.39. The van der Waals surface area contributed by atoms with Crippen molar-refractivity contribution < 1.29 is 9.47 Å². The van der Waals surface area contributed by atoms with E-state index in [2.05, 4.69) is 55.4 Å². The van der Waals surface area contributed by atoms with E-state index in [9.17, 15) is 0 Å². The number of benzene rings is 1. The molecule has 1 aliphatic rings. The van der Waals surface area contributed by atoms with Crippen LogP contribution in [0.3, 0.4) is 0 Å². The highest BCUT2D eigenvalue weighted by molar-refractivity contribution is 14.0. The third-order valence-corrected chi connectivity index (χ3v) is 4.32. The van der Waals surface area contributed by atoms with Crippen LogP contribution in [0.25, 0.3) is 0 Å². The van der Waals surface area contributed by atoms with Crippen LogP contribution in [0.1, 0.15) is 30.9 Å². The molecule has 6 heteroatoms. The van der Waals surface area contributed by atoms with Crippen LogP contribution in [0.5, 0.6) is 0 Å². The van der Waals surface area contributed by atoms with Crippen molar-refractivity contribution in [2.45, 2.75) is 33.2 Å². The molecule has 26 heavy (non-hydrogen) atoms. The Morgan fingerprint density at radius 1 is 1.35 bits per heavy atom. The predicted octanol–water partition coefficient (Wildman–Crippen LogP) is 3.45. The largest absolute Gasteiger partial charge is 0.381 e. The van der Waals surface area contributed by atoms with E-state index >= 15 is 0 Å². The highest BCUT2D eigenvalue weighted by Gasteiger charge is 2.15. The van der Waals surface area contributed by atoms with Crippen LogP contribution in [0.15, 0.2) is 29.3 Å². The Hall–Kier alpha value is -0.860. The molecule has 148 valence electrons. The zero-order valence-electron chi connectivity index (χ0n) is 16.4. The average Bonchev–Trinajstić information content (AvgIpc) is 3.12. The number of halogens is 1. The fourth-order valence-electron chi connectivity index (χ4n) is 2.83. The van der Waals surface area contributed by atoms with Crippen LogP contribution in [-0.2, 0) is 16.0 Å². The van der Waals surface area contributed by atoms with Crippen molar-refractivity contribution in [2.75, 3.05) is 46.6 Å². The molecule has 0 aliphatic carbocycles. The number of aryl methyl sites for hydroxylation is 1. The molecule has 1 atom stereocenters. The monoisotopic (exact) mass is 475 g/mol. The van der Waals surface area contributed by atoms with Gasteiger partial charge in [-0.3, -0.25) is 4.99 Å². The first-order valence-electron chi connectivity index (χ1n) is 9.39. The number of nitrogens with one attached hydrogen (secondary N) is 1. The molecule has 0 aromatic heterocycles. The third-order valence-electron chi connectivity index (χ3n) is 4.32. The van der Waals surface area contributed by atoms with Crippen molar-refractivity contribution in [3.63, 3.8) is 0 Å². The first-order chi connectivity index (χ1) is 12.2. The van der Waals surface area contributed by atoms with Gasteiger partial charge < -0.3 is 19.7 Å². The SMILES string of the molecule is CCNC(=NCCCOCC1CCOC1)N(C)Cc1ccc(C)cc1.I. The number of aliphatic imine (C=N–C) groups is 1. The second kappa shape index (κ2) is 13.3. The van der Waals surface area contributed by atoms with E-state index in [4.69, 9.17) is 14.5 Å². The van der Waals surface area contributed by atoms with Gasteiger partial charge in [0.25, 0.3) is 0 Å². The molecular formula is C20H34IN3O2.